The highest BCUT2D eigenvalue weighted by atomic mass is 16.6. The van der Waals surface area contributed by atoms with E-state index in [1.54, 1.807) is 30.3 Å². The SMILES string of the molecule is Cc1cccc(NC(=O)COc2ccc(/C=C(\C#N)c3ccc([N+](=O)[O-])cc3)cc2)c1. The molecule has 7 heteroatoms. The predicted octanol–water partition coefficient (Wildman–Crippen LogP) is 4.98. The van der Waals surface area contributed by atoms with Gasteiger partial charge in [-0.25, -0.2) is 0 Å². The van der Waals surface area contributed by atoms with E-state index >= 15 is 0 Å². The number of hydrogen-bond acceptors (Lipinski definition) is 5. The minimum Gasteiger partial charge on any atom is -0.484 e. The molecular formula is C24H19N3O4. The van der Waals surface area contributed by atoms with Gasteiger partial charge in [0.05, 0.1) is 16.6 Å². The van der Waals surface area contributed by atoms with Crippen molar-refractivity contribution in [1.82, 2.24) is 0 Å². The third-order valence-electron chi connectivity index (χ3n) is 4.37. The van der Waals surface area contributed by atoms with Crippen molar-refractivity contribution in [3.63, 3.8) is 0 Å². The average Bonchev–Trinajstić information content (AvgIpc) is 2.77. The first-order valence-corrected chi connectivity index (χ1v) is 9.40. The topological polar surface area (TPSA) is 105 Å². The summed E-state index contributed by atoms with van der Waals surface area (Å²) < 4.78 is 5.52. The maximum atomic E-state index is 12.0. The van der Waals surface area contributed by atoms with Crippen molar-refractivity contribution in [2.45, 2.75) is 6.92 Å². The molecule has 0 saturated heterocycles. The standard InChI is InChI=1S/C24H19N3O4/c1-17-3-2-4-21(13-17)26-24(28)16-31-23-11-5-18(6-12-23)14-20(15-25)19-7-9-22(10-8-19)27(29)30/h2-14H,16H2,1H3,(H,26,28)/b20-14+. The summed E-state index contributed by atoms with van der Waals surface area (Å²) in [7, 11) is 0. The van der Waals surface area contributed by atoms with Gasteiger partial charge in [-0.15, -0.1) is 0 Å². The number of aryl methyl sites for hydroxylation is 1. The molecule has 0 unspecified atom stereocenters. The molecule has 3 aromatic rings. The zero-order valence-corrected chi connectivity index (χ0v) is 16.7. The first-order valence-electron chi connectivity index (χ1n) is 9.40. The van der Waals surface area contributed by atoms with Crippen LogP contribution in [-0.2, 0) is 4.79 Å². The molecule has 0 radical (unpaired) electrons. The lowest BCUT2D eigenvalue weighted by molar-refractivity contribution is -0.384. The van der Waals surface area contributed by atoms with Gasteiger partial charge >= 0.3 is 0 Å². The van der Waals surface area contributed by atoms with Crippen molar-refractivity contribution in [3.8, 4) is 11.8 Å². The fraction of sp³-hybridized carbons (Fsp3) is 0.0833. The molecular weight excluding hydrogens is 394 g/mol. The van der Waals surface area contributed by atoms with Gasteiger partial charge in [0.1, 0.15) is 5.75 Å². The lowest BCUT2D eigenvalue weighted by Crippen LogP contribution is -2.20. The number of nitriles is 1. The van der Waals surface area contributed by atoms with Gasteiger partial charge in [0, 0.05) is 17.8 Å². The second kappa shape index (κ2) is 9.85. The molecule has 0 aromatic heterocycles. The molecule has 0 heterocycles. The molecule has 0 atom stereocenters. The molecule has 0 fully saturated rings. The molecule has 0 aliphatic heterocycles. The van der Waals surface area contributed by atoms with Crippen molar-refractivity contribution in [2.75, 3.05) is 11.9 Å². The van der Waals surface area contributed by atoms with Gasteiger partial charge in [-0.3, -0.25) is 14.9 Å². The summed E-state index contributed by atoms with van der Waals surface area (Å²) in [5.74, 6) is 0.255. The normalized spacial score (nSPS) is 10.8. The summed E-state index contributed by atoms with van der Waals surface area (Å²) in [4.78, 5) is 22.3. The number of carbonyl (C=O) groups excluding carboxylic acids is 1. The minimum absolute atomic E-state index is 0.0334. The molecule has 154 valence electrons. The van der Waals surface area contributed by atoms with Crippen LogP contribution in [0, 0.1) is 28.4 Å². The Labute approximate surface area is 179 Å². The number of rotatable bonds is 7. The molecule has 7 nitrogen and oxygen atoms in total. The highest BCUT2D eigenvalue weighted by Crippen LogP contribution is 2.22. The van der Waals surface area contributed by atoms with E-state index in [2.05, 4.69) is 11.4 Å². The van der Waals surface area contributed by atoms with E-state index in [0.29, 0.717) is 22.6 Å². The van der Waals surface area contributed by atoms with E-state index in [4.69, 9.17) is 4.74 Å². The van der Waals surface area contributed by atoms with Crippen molar-refractivity contribution in [3.05, 3.63) is 99.6 Å². The van der Waals surface area contributed by atoms with Crippen LogP contribution in [0.5, 0.6) is 5.75 Å². The number of anilines is 1. The van der Waals surface area contributed by atoms with Crippen molar-refractivity contribution in [2.24, 2.45) is 0 Å². The Morgan fingerprint density at radius 1 is 1.13 bits per heavy atom. The molecule has 31 heavy (non-hydrogen) atoms. The fourth-order valence-electron chi connectivity index (χ4n) is 2.84. The number of ether oxygens (including phenoxy) is 1. The van der Waals surface area contributed by atoms with Crippen molar-refractivity contribution >= 4 is 28.9 Å². The minimum atomic E-state index is -0.487. The Bertz CT molecular complexity index is 1160. The summed E-state index contributed by atoms with van der Waals surface area (Å²) in [6, 6.07) is 22.3. The third kappa shape index (κ3) is 6.02. The number of amides is 1. The van der Waals surface area contributed by atoms with Crippen LogP contribution in [0.25, 0.3) is 11.6 Å². The van der Waals surface area contributed by atoms with Crippen LogP contribution in [0.15, 0.2) is 72.8 Å². The zero-order chi connectivity index (χ0) is 22.2. The molecule has 0 saturated carbocycles. The number of nitro benzene ring substituents is 1. The Morgan fingerprint density at radius 2 is 1.84 bits per heavy atom. The molecule has 0 aliphatic rings. The van der Waals surface area contributed by atoms with E-state index in [1.807, 2.05) is 31.2 Å². The monoisotopic (exact) mass is 413 g/mol. The molecule has 0 bridgehead atoms. The molecule has 1 amide bonds. The summed E-state index contributed by atoms with van der Waals surface area (Å²) in [5, 5.41) is 23.0. The molecule has 0 aliphatic carbocycles. The lowest BCUT2D eigenvalue weighted by Gasteiger charge is -2.08. The number of allylic oxidation sites excluding steroid dienone is 1. The molecule has 3 rings (SSSR count). The number of non-ortho nitro benzene ring substituents is 1. The van der Waals surface area contributed by atoms with E-state index < -0.39 is 4.92 Å². The van der Waals surface area contributed by atoms with Gasteiger partial charge in [-0.2, -0.15) is 5.26 Å². The summed E-state index contributed by atoms with van der Waals surface area (Å²) in [5.41, 5.74) is 3.44. The van der Waals surface area contributed by atoms with Gasteiger partial charge < -0.3 is 10.1 Å². The van der Waals surface area contributed by atoms with Gasteiger partial charge in [0.15, 0.2) is 6.61 Å². The number of nitro groups is 1. The van der Waals surface area contributed by atoms with Gasteiger partial charge in [-0.1, -0.05) is 24.3 Å². The van der Waals surface area contributed by atoms with E-state index in [9.17, 15) is 20.2 Å². The molecule has 1 N–H and O–H groups in total. The van der Waals surface area contributed by atoms with Crippen LogP contribution >= 0.6 is 0 Å². The first-order chi connectivity index (χ1) is 14.9. The van der Waals surface area contributed by atoms with Gasteiger partial charge in [-0.05, 0) is 66.1 Å². The summed E-state index contributed by atoms with van der Waals surface area (Å²) in [6.07, 6.45) is 1.68. The number of benzene rings is 3. The third-order valence-corrected chi connectivity index (χ3v) is 4.37. The quantitative estimate of drug-likeness (QED) is 0.254. The van der Waals surface area contributed by atoms with Crippen LogP contribution in [0.1, 0.15) is 16.7 Å². The van der Waals surface area contributed by atoms with Crippen LogP contribution in [0.3, 0.4) is 0 Å². The lowest BCUT2D eigenvalue weighted by atomic mass is 10.0. The number of nitrogens with zero attached hydrogens (tertiary/aromatic N) is 2. The highest BCUT2D eigenvalue weighted by Gasteiger charge is 2.08. The largest absolute Gasteiger partial charge is 0.484 e. The number of carbonyl (C=O) groups is 1. The van der Waals surface area contributed by atoms with Crippen LogP contribution in [-0.4, -0.2) is 17.4 Å². The smallest absolute Gasteiger partial charge is 0.269 e. The number of hydrogen-bond donors (Lipinski definition) is 1. The van der Waals surface area contributed by atoms with Crippen molar-refractivity contribution < 1.29 is 14.5 Å². The van der Waals surface area contributed by atoms with Gasteiger partial charge in [0.2, 0.25) is 0 Å². The Morgan fingerprint density at radius 3 is 2.45 bits per heavy atom. The predicted molar refractivity (Wildman–Crippen MR) is 118 cm³/mol. The molecule has 0 spiro atoms. The first kappa shape index (κ1) is 21.3. The van der Waals surface area contributed by atoms with Crippen LogP contribution in [0.2, 0.25) is 0 Å². The van der Waals surface area contributed by atoms with Crippen LogP contribution < -0.4 is 10.1 Å². The fourth-order valence-corrected chi connectivity index (χ4v) is 2.84. The summed E-state index contributed by atoms with van der Waals surface area (Å²) in [6.45, 7) is 1.82. The Hall–Kier alpha value is -4.44. The maximum Gasteiger partial charge on any atom is 0.269 e. The Kier molecular flexibility index (Phi) is 6.76. The molecule has 3 aromatic carbocycles. The second-order valence-corrected chi connectivity index (χ2v) is 6.75. The average molecular weight is 413 g/mol. The van der Waals surface area contributed by atoms with E-state index in [1.165, 1.54) is 24.3 Å². The van der Waals surface area contributed by atoms with E-state index in [-0.39, 0.29) is 18.2 Å². The zero-order valence-electron chi connectivity index (χ0n) is 16.7. The maximum absolute atomic E-state index is 12.0. The highest BCUT2D eigenvalue weighted by molar-refractivity contribution is 5.92. The summed E-state index contributed by atoms with van der Waals surface area (Å²) >= 11 is 0. The van der Waals surface area contributed by atoms with E-state index in [0.717, 1.165) is 11.1 Å². The van der Waals surface area contributed by atoms with Crippen molar-refractivity contribution in [1.29, 1.82) is 5.26 Å². The van der Waals surface area contributed by atoms with Gasteiger partial charge in [0.25, 0.3) is 11.6 Å². The second-order valence-electron chi connectivity index (χ2n) is 6.75. The Balaban J connectivity index is 1.61. The number of nitrogens with one attached hydrogen (secondary N) is 1. The van der Waals surface area contributed by atoms with Crippen LogP contribution in [0.4, 0.5) is 11.4 Å².